The maximum Gasteiger partial charge on any atom is 0.308 e. The van der Waals surface area contributed by atoms with E-state index in [1.807, 2.05) is 31.2 Å². The number of imide groups is 1. The molecule has 1 aliphatic rings. The summed E-state index contributed by atoms with van der Waals surface area (Å²) in [7, 11) is 1.46. The quantitative estimate of drug-likeness (QED) is 0.428. The summed E-state index contributed by atoms with van der Waals surface area (Å²) in [6, 6.07) is 12.6. The molecule has 0 saturated carbocycles. The van der Waals surface area contributed by atoms with Crippen molar-refractivity contribution < 1.29 is 23.9 Å². The third-order valence-corrected chi connectivity index (χ3v) is 4.98. The smallest absolute Gasteiger partial charge is 0.308 e. The van der Waals surface area contributed by atoms with E-state index in [4.69, 9.17) is 9.47 Å². The van der Waals surface area contributed by atoms with Crippen molar-refractivity contribution >= 4 is 35.0 Å². The number of ether oxygens (including phenoxy) is 2. The molecule has 1 saturated heterocycles. The lowest BCUT2D eigenvalue weighted by molar-refractivity contribution is -0.132. The average molecular weight is 397 g/mol. The van der Waals surface area contributed by atoms with Gasteiger partial charge in [-0.3, -0.25) is 19.3 Å². The first-order chi connectivity index (χ1) is 13.4. The van der Waals surface area contributed by atoms with Gasteiger partial charge in [-0.1, -0.05) is 35.9 Å². The Balaban J connectivity index is 1.81. The Morgan fingerprint density at radius 1 is 1.11 bits per heavy atom. The fraction of sp³-hybridized carbons (Fsp3) is 0.190. The van der Waals surface area contributed by atoms with Crippen LogP contribution in [0.15, 0.2) is 47.4 Å². The number of hydrogen-bond acceptors (Lipinski definition) is 6. The SMILES string of the molecule is COc1cc(/C=C2\SC(=O)N(Cc3ccc(C)cc3)C2=O)ccc1OC(C)=O. The van der Waals surface area contributed by atoms with Crippen LogP contribution in [0, 0.1) is 6.92 Å². The highest BCUT2D eigenvalue weighted by Crippen LogP contribution is 2.35. The minimum atomic E-state index is -0.455. The van der Waals surface area contributed by atoms with E-state index in [2.05, 4.69) is 0 Å². The molecule has 144 valence electrons. The Morgan fingerprint density at radius 2 is 1.82 bits per heavy atom. The largest absolute Gasteiger partial charge is 0.493 e. The molecule has 0 N–H and O–H groups in total. The molecule has 6 nitrogen and oxygen atoms in total. The molecule has 0 unspecified atom stereocenters. The van der Waals surface area contributed by atoms with Gasteiger partial charge in [0, 0.05) is 6.92 Å². The van der Waals surface area contributed by atoms with Crippen molar-refractivity contribution in [3.05, 3.63) is 64.1 Å². The van der Waals surface area contributed by atoms with E-state index in [0.29, 0.717) is 22.0 Å². The van der Waals surface area contributed by atoms with Crippen molar-refractivity contribution in [2.45, 2.75) is 20.4 Å². The second-order valence-electron chi connectivity index (χ2n) is 6.26. The Kier molecular flexibility index (Phi) is 5.84. The first kappa shape index (κ1) is 19.7. The monoisotopic (exact) mass is 397 g/mol. The Labute approximate surface area is 167 Å². The lowest BCUT2D eigenvalue weighted by Gasteiger charge is -2.12. The van der Waals surface area contributed by atoms with Gasteiger partial charge in [0.2, 0.25) is 0 Å². The van der Waals surface area contributed by atoms with Gasteiger partial charge in [-0.2, -0.15) is 0 Å². The van der Waals surface area contributed by atoms with E-state index in [9.17, 15) is 14.4 Å². The maximum atomic E-state index is 12.7. The number of rotatable bonds is 5. The summed E-state index contributed by atoms with van der Waals surface area (Å²) in [4.78, 5) is 37.7. The van der Waals surface area contributed by atoms with E-state index in [1.54, 1.807) is 24.3 Å². The number of amides is 2. The molecule has 3 rings (SSSR count). The number of benzene rings is 2. The number of thioether (sulfide) groups is 1. The molecular weight excluding hydrogens is 378 g/mol. The third kappa shape index (κ3) is 4.43. The van der Waals surface area contributed by atoms with Gasteiger partial charge in [0.15, 0.2) is 11.5 Å². The standard InChI is InChI=1S/C21H19NO5S/c1-13-4-6-15(7-5-13)12-22-20(24)19(28-21(22)25)11-16-8-9-17(27-14(2)23)18(10-16)26-3/h4-11H,12H2,1-3H3/b19-11-. The molecule has 0 atom stereocenters. The highest BCUT2D eigenvalue weighted by molar-refractivity contribution is 8.18. The summed E-state index contributed by atoms with van der Waals surface area (Å²) in [5.41, 5.74) is 2.67. The summed E-state index contributed by atoms with van der Waals surface area (Å²) < 4.78 is 10.3. The lowest BCUT2D eigenvalue weighted by atomic mass is 10.1. The molecule has 0 radical (unpaired) electrons. The highest BCUT2D eigenvalue weighted by Gasteiger charge is 2.35. The summed E-state index contributed by atoms with van der Waals surface area (Å²) in [6.45, 7) is 3.52. The molecule has 2 amide bonds. The Hall–Kier alpha value is -3.06. The molecule has 1 fully saturated rings. The number of aryl methyl sites for hydroxylation is 1. The fourth-order valence-electron chi connectivity index (χ4n) is 2.68. The van der Waals surface area contributed by atoms with E-state index in [0.717, 1.165) is 22.9 Å². The van der Waals surface area contributed by atoms with Gasteiger partial charge in [-0.15, -0.1) is 0 Å². The van der Waals surface area contributed by atoms with Crippen LogP contribution in [0.2, 0.25) is 0 Å². The maximum absolute atomic E-state index is 12.7. The van der Waals surface area contributed by atoms with Gasteiger partial charge in [0.1, 0.15) is 0 Å². The van der Waals surface area contributed by atoms with Crippen molar-refractivity contribution in [1.29, 1.82) is 0 Å². The fourth-order valence-corrected chi connectivity index (χ4v) is 3.52. The zero-order valence-corrected chi connectivity index (χ0v) is 16.5. The summed E-state index contributed by atoms with van der Waals surface area (Å²) in [5.74, 6) is -0.135. The molecule has 2 aromatic rings. The topological polar surface area (TPSA) is 72.9 Å². The number of methoxy groups -OCH3 is 1. The van der Waals surface area contributed by atoms with Gasteiger partial charge in [-0.25, -0.2) is 0 Å². The van der Waals surface area contributed by atoms with Gasteiger partial charge in [0.05, 0.1) is 18.6 Å². The molecule has 0 bridgehead atoms. The first-order valence-corrected chi connectivity index (χ1v) is 9.36. The predicted molar refractivity (Wildman–Crippen MR) is 107 cm³/mol. The van der Waals surface area contributed by atoms with Crippen LogP contribution in [0.1, 0.15) is 23.6 Å². The summed E-state index contributed by atoms with van der Waals surface area (Å²) in [5, 5.41) is -0.305. The van der Waals surface area contributed by atoms with Crippen molar-refractivity contribution in [3.63, 3.8) is 0 Å². The Bertz CT molecular complexity index is 965. The predicted octanol–water partition coefficient (Wildman–Crippen LogP) is 4.17. The molecular formula is C21H19NO5S. The molecule has 1 aliphatic heterocycles. The van der Waals surface area contributed by atoms with Crippen LogP contribution < -0.4 is 9.47 Å². The molecule has 7 heteroatoms. The molecule has 28 heavy (non-hydrogen) atoms. The summed E-state index contributed by atoms with van der Waals surface area (Å²) >= 11 is 0.900. The van der Waals surface area contributed by atoms with E-state index in [1.165, 1.54) is 18.9 Å². The van der Waals surface area contributed by atoms with Crippen molar-refractivity contribution in [2.75, 3.05) is 7.11 Å². The van der Waals surface area contributed by atoms with Crippen LogP contribution in [-0.4, -0.2) is 29.1 Å². The minimum Gasteiger partial charge on any atom is -0.493 e. The van der Waals surface area contributed by atoms with E-state index in [-0.39, 0.29) is 17.7 Å². The normalized spacial score (nSPS) is 15.2. The number of hydrogen-bond donors (Lipinski definition) is 0. The van der Waals surface area contributed by atoms with Gasteiger partial charge >= 0.3 is 5.97 Å². The molecule has 1 heterocycles. The number of nitrogens with zero attached hydrogens (tertiary/aromatic N) is 1. The van der Waals surface area contributed by atoms with Crippen LogP contribution in [0.4, 0.5) is 4.79 Å². The molecule has 0 aromatic heterocycles. The average Bonchev–Trinajstić information content (AvgIpc) is 2.91. The minimum absolute atomic E-state index is 0.233. The number of carbonyl (C=O) groups is 3. The van der Waals surface area contributed by atoms with E-state index < -0.39 is 5.97 Å². The molecule has 0 spiro atoms. The van der Waals surface area contributed by atoms with Crippen LogP contribution in [0.3, 0.4) is 0 Å². The van der Waals surface area contributed by atoms with Crippen LogP contribution in [-0.2, 0) is 16.1 Å². The third-order valence-electron chi connectivity index (χ3n) is 4.07. The van der Waals surface area contributed by atoms with Crippen LogP contribution >= 0.6 is 11.8 Å². The van der Waals surface area contributed by atoms with Crippen molar-refractivity contribution in [3.8, 4) is 11.5 Å². The molecule has 0 aliphatic carbocycles. The molecule has 2 aromatic carbocycles. The van der Waals surface area contributed by atoms with Gasteiger partial charge in [-0.05, 0) is 48.0 Å². The lowest BCUT2D eigenvalue weighted by Crippen LogP contribution is -2.27. The Morgan fingerprint density at radius 3 is 2.46 bits per heavy atom. The van der Waals surface area contributed by atoms with Gasteiger partial charge < -0.3 is 9.47 Å². The van der Waals surface area contributed by atoms with Crippen LogP contribution in [0.5, 0.6) is 11.5 Å². The number of esters is 1. The second-order valence-corrected chi connectivity index (χ2v) is 7.25. The van der Waals surface area contributed by atoms with E-state index >= 15 is 0 Å². The highest BCUT2D eigenvalue weighted by atomic mass is 32.2. The first-order valence-electron chi connectivity index (χ1n) is 8.54. The zero-order valence-electron chi connectivity index (χ0n) is 15.7. The van der Waals surface area contributed by atoms with Crippen molar-refractivity contribution in [2.24, 2.45) is 0 Å². The second kappa shape index (κ2) is 8.31. The summed E-state index contributed by atoms with van der Waals surface area (Å²) in [6.07, 6.45) is 1.63. The van der Waals surface area contributed by atoms with Gasteiger partial charge in [0.25, 0.3) is 11.1 Å². The van der Waals surface area contributed by atoms with Crippen LogP contribution in [0.25, 0.3) is 6.08 Å². The number of carbonyl (C=O) groups excluding carboxylic acids is 3. The zero-order chi connectivity index (χ0) is 20.3. The van der Waals surface area contributed by atoms with Crippen molar-refractivity contribution in [1.82, 2.24) is 4.90 Å².